The number of anilines is 1. The second-order valence-electron chi connectivity index (χ2n) is 5.06. The lowest BCUT2D eigenvalue weighted by molar-refractivity contribution is -0.138. The molecule has 5 nitrogen and oxygen atoms in total. The van der Waals surface area contributed by atoms with Gasteiger partial charge in [0.05, 0.1) is 20.3 Å². The van der Waals surface area contributed by atoms with Gasteiger partial charge in [0.15, 0.2) is 0 Å². The summed E-state index contributed by atoms with van der Waals surface area (Å²) in [6, 6.07) is 17.7. The molecule has 0 aromatic heterocycles. The fourth-order valence-corrected chi connectivity index (χ4v) is 2.18. The van der Waals surface area contributed by atoms with Crippen molar-refractivity contribution in [3.8, 4) is 0 Å². The highest BCUT2D eigenvalue weighted by molar-refractivity contribution is 5.98. The maximum Gasteiger partial charge on any atom is 0.354 e. The van der Waals surface area contributed by atoms with Gasteiger partial charge >= 0.3 is 11.9 Å². The van der Waals surface area contributed by atoms with Crippen molar-refractivity contribution in [2.75, 3.05) is 19.5 Å². The normalized spacial score (nSPS) is 10.8. The van der Waals surface area contributed by atoms with Crippen molar-refractivity contribution in [2.45, 2.75) is 6.42 Å². The van der Waals surface area contributed by atoms with Gasteiger partial charge in [-0.05, 0) is 29.7 Å². The summed E-state index contributed by atoms with van der Waals surface area (Å²) in [5.74, 6) is -1.28. The molecule has 0 spiro atoms. The van der Waals surface area contributed by atoms with Crippen LogP contribution < -0.4 is 5.32 Å². The summed E-state index contributed by atoms with van der Waals surface area (Å²) in [6.45, 7) is 0. The van der Waals surface area contributed by atoms with E-state index >= 15 is 0 Å². The third kappa shape index (κ3) is 4.98. The summed E-state index contributed by atoms with van der Waals surface area (Å²) >= 11 is 0. The Bertz CT molecular complexity index is 738. The summed E-state index contributed by atoms with van der Waals surface area (Å²) in [5, 5.41) is 2.91. The van der Waals surface area contributed by atoms with E-state index in [-0.39, 0.29) is 5.70 Å². The average Bonchev–Trinajstić information content (AvgIpc) is 2.61. The molecule has 0 fully saturated rings. The molecular weight excluding hydrogens is 306 g/mol. The second-order valence-corrected chi connectivity index (χ2v) is 5.06. The molecule has 2 aromatic rings. The third-order valence-corrected chi connectivity index (χ3v) is 3.33. The van der Waals surface area contributed by atoms with Crippen molar-refractivity contribution in [2.24, 2.45) is 0 Å². The van der Waals surface area contributed by atoms with Gasteiger partial charge < -0.3 is 14.8 Å². The number of hydrogen-bond acceptors (Lipinski definition) is 5. The number of esters is 2. The average molecular weight is 325 g/mol. The van der Waals surface area contributed by atoms with Gasteiger partial charge in [0.2, 0.25) is 0 Å². The smallest absolute Gasteiger partial charge is 0.354 e. The molecule has 0 aliphatic rings. The number of carbonyl (C=O) groups excluding carboxylic acids is 2. The lowest BCUT2D eigenvalue weighted by Gasteiger charge is -2.10. The Morgan fingerprint density at radius 3 is 2.33 bits per heavy atom. The molecule has 1 N–H and O–H groups in total. The third-order valence-electron chi connectivity index (χ3n) is 3.33. The molecule has 5 heteroatoms. The molecule has 0 saturated carbocycles. The van der Waals surface area contributed by atoms with E-state index in [9.17, 15) is 9.59 Å². The van der Waals surface area contributed by atoms with Crippen molar-refractivity contribution in [1.29, 1.82) is 0 Å². The van der Waals surface area contributed by atoms with Gasteiger partial charge in [-0.2, -0.15) is 0 Å². The molecule has 24 heavy (non-hydrogen) atoms. The fourth-order valence-electron chi connectivity index (χ4n) is 2.18. The van der Waals surface area contributed by atoms with Crippen LogP contribution in [0.1, 0.15) is 11.1 Å². The van der Waals surface area contributed by atoms with E-state index in [4.69, 9.17) is 0 Å². The van der Waals surface area contributed by atoms with E-state index in [0.29, 0.717) is 5.69 Å². The van der Waals surface area contributed by atoms with Crippen LogP contribution in [0, 0.1) is 0 Å². The SMILES string of the molecule is COC(=O)/C=C(/Nc1cccc(Cc2ccccc2)c1)C(=O)OC. The predicted octanol–water partition coefficient (Wildman–Crippen LogP) is 2.92. The molecule has 2 rings (SSSR count). The molecule has 0 saturated heterocycles. The number of rotatable bonds is 6. The highest BCUT2D eigenvalue weighted by Crippen LogP contribution is 2.17. The number of carbonyl (C=O) groups is 2. The number of hydrogen-bond donors (Lipinski definition) is 1. The van der Waals surface area contributed by atoms with E-state index < -0.39 is 11.9 Å². The van der Waals surface area contributed by atoms with Crippen LogP contribution in [-0.4, -0.2) is 26.2 Å². The van der Waals surface area contributed by atoms with E-state index in [0.717, 1.165) is 18.1 Å². The van der Waals surface area contributed by atoms with Gasteiger partial charge in [-0.3, -0.25) is 0 Å². The van der Waals surface area contributed by atoms with Gasteiger partial charge in [-0.25, -0.2) is 9.59 Å². The second kappa shape index (κ2) is 8.53. The zero-order valence-electron chi connectivity index (χ0n) is 13.6. The quantitative estimate of drug-likeness (QED) is 0.653. The minimum absolute atomic E-state index is 0.0150. The maximum absolute atomic E-state index is 11.8. The monoisotopic (exact) mass is 325 g/mol. The Balaban J connectivity index is 2.19. The van der Waals surface area contributed by atoms with Crippen molar-refractivity contribution >= 4 is 17.6 Å². The molecule has 0 atom stereocenters. The van der Waals surface area contributed by atoms with Crippen molar-refractivity contribution in [3.05, 3.63) is 77.5 Å². The van der Waals surface area contributed by atoms with E-state index in [1.165, 1.54) is 19.8 Å². The van der Waals surface area contributed by atoms with Gasteiger partial charge in [0.25, 0.3) is 0 Å². The molecule has 0 amide bonds. The number of benzene rings is 2. The molecule has 124 valence electrons. The van der Waals surface area contributed by atoms with Crippen LogP contribution in [0.3, 0.4) is 0 Å². The Kier molecular flexibility index (Phi) is 6.14. The first-order chi connectivity index (χ1) is 11.6. The highest BCUT2D eigenvalue weighted by Gasteiger charge is 2.13. The van der Waals surface area contributed by atoms with Crippen LogP contribution in [0.2, 0.25) is 0 Å². The lowest BCUT2D eigenvalue weighted by Crippen LogP contribution is -2.15. The summed E-state index contributed by atoms with van der Waals surface area (Å²) in [6.07, 6.45) is 1.83. The van der Waals surface area contributed by atoms with Crippen LogP contribution in [0.15, 0.2) is 66.4 Å². The summed E-state index contributed by atoms with van der Waals surface area (Å²) in [7, 11) is 2.50. The Labute approximate surface area is 140 Å². The molecule has 2 aromatic carbocycles. The minimum Gasteiger partial charge on any atom is -0.466 e. The number of ether oxygens (including phenoxy) is 2. The summed E-state index contributed by atoms with van der Waals surface area (Å²) < 4.78 is 9.23. The first kappa shape index (κ1) is 17.3. The van der Waals surface area contributed by atoms with Gasteiger partial charge in [-0.1, -0.05) is 42.5 Å². The van der Waals surface area contributed by atoms with Gasteiger partial charge in [0, 0.05) is 5.69 Å². The topological polar surface area (TPSA) is 64.6 Å². The fraction of sp³-hybridized carbons (Fsp3) is 0.158. The van der Waals surface area contributed by atoms with Gasteiger partial charge in [0.1, 0.15) is 5.70 Å². The minimum atomic E-state index is -0.645. The molecular formula is C19H19NO4. The lowest BCUT2D eigenvalue weighted by atomic mass is 10.0. The molecule has 0 bridgehead atoms. The largest absolute Gasteiger partial charge is 0.466 e. The molecule has 0 aliphatic heterocycles. The van der Waals surface area contributed by atoms with Crippen LogP contribution in [0.5, 0.6) is 0 Å². The van der Waals surface area contributed by atoms with Gasteiger partial charge in [-0.15, -0.1) is 0 Å². The zero-order valence-corrected chi connectivity index (χ0v) is 13.6. The number of nitrogens with one attached hydrogen (secondary N) is 1. The molecule has 0 heterocycles. The summed E-state index contributed by atoms with van der Waals surface area (Å²) in [4.78, 5) is 23.2. The Morgan fingerprint density at radius 1 is 0.958 bits per heavy atom. The standard InChI is InChI=1S/C19H19NO4/c1-23-18(21)13-17(19(22)24-2)20-16-10-6-9-15(12-16)11-14-7-4-3-5-8-14/h3-10,12-13,20H,11H2,1-2H3/b17-13+. The molecule has 0 aliphatic carbocycles. The Hall–Kier alpha value is -3.08. The Morgan fingerprint density at radius 2 is 1.67 bits per heavy atom. The van der Waals surface area contributed by atoms with Crippen LogP contribution >= 0.6 is 0 Å². The first-order valence-electron chi connectivity index (χ1n) is 7.40. The van der Waals surface area contributed by atoms with Crippen LogP contribution in [0.4, 0.5) is 5.69 Å². The zero-order chi connectivity index (χ0) is 17.4. The first-order valence-corrected chi connectivity index (χ1v) is 7.40. The number of methoxy groups -OCH3 is 2. The predicted molar refractivity (Wildman–Crippen MR) is 91.4 cm³/mol. The van der Waals surface area contributed by atoms with Crippen molar-refractivity contribution in [3.63, 3.8) is 0 Å². The van der Waals surface area contributed by atoms with E-state index in [2.05, 4.69) is 26.9 Å². The maximum atomic E-state index is 11.8. The highest BCUT2D eigenvalue weighted by atomic mass is 16.5. The molecule has 0 radical (unpaired) electrons. The van der Waals surface area contributed by atoms with Crippen LogP contribution in [0.25, 0.3) is 0 Å². The van der Waals surface area contributed by atoms with Crippen molar-refractivity contribution < 1.29 is 19.1 Å². The van der Waals surface area contributed by atoms with Crippen LogP contribution in [-0.2, 0) is 25.5 Å². The van der Waals surface area contributed by atoms with E-state index in [1.54, 1.807) is 0 Å². The van der Waals surface area contributed by atoms with E-state index in [1.807, 2.05) is 42.5 Å². The van der Waals surface area contributed by atoms with Crippen molar-refractivity contribution in [1.82, 2.24) is 0 Å². The summed E-state index contributed by atoms with van der Waals surface area (Å²) in [5.41, 5.74) is 2.96. The molecule has 0 unspecified atom stereocenters.